The molecule has 0 saturated carbocycles. The zero-order valence-corrected chi connectivity index (χ0v) is 57.6. The van der Waals surface area contributed by atoms with E-state index in [9.17, 15) is 0 Å². The average molecular weight is 1290 g/mol. The number of hydrogen-bond acceptors (Lipinski definition) is 2. The maximum atomic E-state index is 7.34. The molecule has 96 heavy (non-hydrogen) atoms. The van der Waals surface area contributed by atoms with Gasteiger partial charge in [-0.05, 0) is 186 Å². The van der Waals surface area contributed by atoms with Crippen molar-refractivity contribution in [2.75, 3.05) is 9.80 Å². The highest BCUT2D eigenvalue weighted by Crippen LogP contribution is 2.54. The Labute approximate surface area is 579 Å². The summed E-state index contributed by atoms with van der Waals surface area (Å²) in [4.78, 5) is 5.01. The van der Waals surface area contributed by atoms with E-state index in [1.807, 2.05) is 12.1 Å². The van der Waals surface area contributed by atoms with Gasteiger partial charge < -0.3 is 9.80 Å². The predicted octanol–water partition coefficient (Wildman–Crippen LogP) is 28.0. The fraction of sp³-hybridized carbons (Fsp3) is 0.152. The fourth-order valence-corrected chi connectivity index (χ4v) is 13.6. The first-order valence-corrected chi connectivity index (χ1v) is 34.6. The molecule has 0 bridgehead atoms. The van der Waals surface area contributed by atoms with Crippen LogP contribution in [0.4, 0.5) is 34.1 Å². The molecule has 13 rings (SSSR count). The summed E-state index contributed by atoms with van der Waals surface area (Å²) in [5.74, 6) is 0. The molecule has 0 unspecified atom stereocenters. The molecule has 0 amide bonds. The van der Waals surface area contributed by atoms with E-state index >= 15 is 0 Å². The Morgan fingerprint density at radius 3 is 0.812 bits per heavy atom. The van der Waals surface area contributed by atoms with Crippen LogP contribution in [0.3, 0.4) is 0 Å². The topological polar surface area (TPSA) is 6.48 Å². The van der Waals surface area contributed by atoms with Gasteiger partial charge in [0.05, 0.1) is 11.4 Å². The van der Waals surface area contributed by atoms with E-state index < -0.39 is 0 Å². The van der Waals surface area contributed by atoms with Gasteiger partial charge in [0.1, 0.15) is 0 Å². The van der Waals surface area contributed by atoms with Crippen LogP contribution in [-0.4, -0.2) is 0 Å². The van der Waals surface area contributed by atoms with Crippen molar-refractivity contribution < 1.29 is 0 Å². The summed E-state index contributed by atoms with van der Waals surface area (Å²) in [5, 5.41) is 1.29. The molecular weight excluding hydrogens is 1200 g/mol. The quantitative estimate of drug-likeness (QED) is 0.0745. The lowest BCUT2D eigenvalue weighted by molar-refractivity contribution is 0.590. The molecule has 13 aromatic carbocycles. The van der Waals surface area contributed by atoms with Crippen LogP contribution in [0, 0.1) is 0 Å². The molecule has 0 saturated heterocycles. The Balaban J connectivity index is 1.13. The van der Waals surface area contributed by atoms with Crippen molar-refractivity contribution in [3.05, 3.63) is 336 Å². The Morgan fingerprint density at radius 2 is 0.542 bits per heavy atom. The zero-order chi connectivity index (χ0) is 66.3. The maximum Gasteiger partial charge on any atom is 0.0618 e. The first kappa shape index (κ1) is 64.7. The Morgan fingerprint density at radius 1 is 0.260 bits per heavy atom. The molecular formula is C92H82Cl2N2. The van der Waals surface area contributed by atoms with Gasteiger partial charge in [0.2, 0.25) is 0 Å². The number of benzene rings is 13. The van der Waals surface area contributed by atoms with Crippen molar-refractivity contribution >= 4 is 57.3 Å². The second-order valence-corrected chi connectivity index (χ2v) is 28.3. The SMILES string of the molecule is CCCCCCc1cc(N(c2cccc(Cl)c2)c2c(-c3ccc(-c4ccccc4)cc3)cc(C(C)(C)C)cc2-c2ccc(-c3ccccc3)cc2)cc(N(c2cccc(Cl)c2)c2c(-c3ccc(-c4ccccc4)cc3)cc(C(C)(C)C)cc2-c2ccc(-c3ccccc3)cc2)c1. The van der Waals surface area contributed by atoms with Gasteiger partial charge >= 0.3 is 0 Å². The van der Waals surface area contributed by atoms with E-state index in [4.69, 9.17) is 23.2 Å². The Hall–Kier alpha value is -9.96. The summed E-state index contributed by atoms with van der Waals surface area (Å²) in [6.45, 7) is 16.2. The van der Waals surface area contributed by atoms with Gasteiger partial charge in [0, 0.05) is 55.0 Å². The largest absolute Gasteiger partial charge is 0.309 e. The van der Waals surface area contributed by atoms with Crippen LogP contribution >= 0.6 is 23.2 Å². The second kappa shape index (κ2) is 28.6. The Kier molecular flexibility index (Phi) is 19.3. The second-order valence-electron chi connectivity index (χ2n) is 27.4. The smallest absolute Gasteiger partial charge is 0.0618 e. The molecule has 0 aliphatic rings. The first-order chi connectivity index (χ1) is 46.6. The van der Waals surface area contributed by atoms with Gasteiger partial charge in [-0.15, -0.1) is 0 Å². The predicted molar refractivity (Wildman–Crippen MR) is 415 cm³/mol. The van der Waals surface area contributed by atoms with Crippen LogP contribution in [0.15, 0.2) is 309 Å². The number of nitrogens with zero attached hydrogens (tertiary/aromatic N) is 2. The molecule has 0 heterocycles. The third-order valence-corrected chi connectivity index (χ3v) is 19.0. The van der Waals surface area contributed by atoms with Gasteiger partial charge in [-0.2, -0.15) is 0 Å². The molecule has 0 atom stereocenters. The van der Waals surface area contributed by atoms with Gasteiger partial charge in [0.15, 0.2) is 0 Å². The number of rotatable bonds is 19. The fourth-order valence-electron chi connectivity index (χ4n) is 13.2. The van der Waals surface area contributed by atoms with Gasteiger partial charge in [0.25, 0.3) is 0 Å². The van der Waals surface area contributed by atoms with Gasteiger partial charge in [-0.3, -0.25) is 0 Å². The first-order valence-electron chi connectivity index (χ1n) is 33.9. The molecule has 0 spiro atoms. The molecule has 474 valence electrons. The highest BCUT2D eigenvalue weighted by molar-refractivity contribution is 6.31. The molecule has 13 aromatic rings. The Bertz CT molecular complexity index is 4270. The molecule has 0 fully saturated rings. The highest BCUT2D eigenvalue weighted by atomic mass is 35.5. The van der Waals surface area contributed by atoms with Crippen molar-refractivity contribution in [3.63, 3.8) is 0 Å². The van der Waals surface area contributed by atoms with Crippen LogP contribution in [0.5, 0.6) is 0 Å². The van der Waals surface area contributed by atoms with Crippen LogP contribution in [0.1, 0.15) is 90.8 Å². The summed E-state index contributed by atoms with van der Waals surface area (Å²) in [6, 6.07) is 113. The van der Waals surface area contributed by atoms with E-state index in [0.29, 0.717) is 10.0 Å². The molecule has 0 N–H and O–H groups in total. The molecule has 0 aromatic heterocycles. The van der Waals surface area contributed by atoms with Crippen molar-refractivity contribution in [2.24, 2.45) is 0 Å². The highest BCUT2D eigenvalue weighted by Gasteiger charge is 2.31. The minimum atomic E-state index is -0.221. The standard InChI is InChI=1S/C92H82Cl2N2/c1-8-9-10-15-26-64-55-83(95(81-37-24-35-79(93)61-81)89-85(73-47-39-69(40-48-73)65-27-16-11-17-28-65)57-77(91(2,3)4)58-86(89)74-49-41-70(42-50-74)66-29-18-12-19-30-66)63-84(56-64)96(82-38-25-36-80(94)62-82)90-87(75-51-43-71(44-52-75)67-31-20-13-21-32-67)59-78(92(5,6)7)60-88(90)76-53-45-72(46-54-76)68-33-22-14-23-34-68/h11-14,16-25,27-63H,8-10,15,26H2,1-7H3. The minimum absolute atomic E-state index is 0.221. The lowest BCUT2D eigenvalue weighted by Gasteiger charge is -2.35. The van der Waals surface area contributed by atoms with Gasteiger partial charge in [-0.25, -0.2) is 0 Å². The molecule has 4 heteroatoms. The molecule has 0 aliphatic carbocycles. The van der Waals surface area contributed by atoms with E-state index in [1.54, 1.807) is 0 Å². The summed E-state index contributed by atoms with van der Waals surface area (Å²) in [5.41, 5.74) is 27.3. The summed E-state index contributed by atoms with van der Waals surface area (Å²) in [7, 11) is 0. The van der Waals surface area contributed by atoms with Crippen molar-refractivity contribution in [1.82, 2.24) is 0 Å². The average Bonchev–Trinajstić information content (AvgIpc) is 0.745. The number of hydrogen-bond donors (Lipinski definition) is 0. The van der Waals surface area contributed by atoms with Crippen molar-refractivity contribution in [3.8, 4) is 89.0 Å². The lowest BCUT2D eigenvalue weighted by atomic mass is 9.81. The van der Waals surface area contributed by atoms with Crippen LogP contribution in [0.25, 0.3) is 89.0 Å². The third kappa shape index (κ3) is 14.5. The summed E-state index contributed by atoms with van der Waals surface area (Å²) < 4.78 is 0. The lowest BCUT2D eigenvalue weighted by Crippen LogP contribution is -2.18. The minimum Gasteiger partial charge on any atom is -0.309 e. The number of aryl methyl sites for hydroxylation is 1. The van der Waals surface area contributed by atoms with E-state index in [1.165, 1.54) is 38.9 Å². The monoisotopic (exact) mass is 1280 g/mol. The summed E-state index contributed by atoms with van der Waals surface area (Å²) >= 11 is 14.7. The normalized spacial score (nSPS) is 11.6. The van der Waals surface area contributed by atoms with E-state index in [0.717, 1.165) is 133 Å². The van der Waals surface area contributed by atoms with Crippen molar-refractivity contribution in [2.45, 2.75) is 91.4 Å². The van der Waals surface area contributed by atoms with Crippen LogP contribution in [-0.2, 0) is 17.3 Å². The molecule has 2 nitrogen and oxygen atoms in total. The number of halogens is 2. The van der Waals surface area contributed by atoms with Crippen molar-refractivity contribution in [1.29, 1.82) is 0 Å². The van der Waals surface area contributed by atoms with Crippen LogP contribution < -0.4 is 9.80 Å². The zero-order valence-electron chi connectivity index (χ0n) is 56.1. The summed E-state index contributed by atoms with van der Waals surface area (Å²) in [6.07, 6.45) is 5.31. The maximum absolute atomic E-state index is 7.34. The number of unbranched alkanes of at least 4 members (excludes halogenated alkanes) is 3. The third-order valence-electron chi connectivity index (χ3n) is 18.5. The molecule has 0 radical (unpaired) electrons. The van der Waals surface area contributed by atoms with Crippen LogP contribution in [0.2, 0.25) is 10.0 Å². The number of anilines is 6. The van der Waals surface area contributed by atoms with E-state index in [-0.39, 0.29) is 10.8 Å². The van der Waals surface area contributed by atoms with E-state index in [2.05, 4.69) is 356 Å². The van der Waals surface area contributed by atoms with Gasteiger partial charge in [-0.1, -0.05) is 321 Å². The molecule has 0 aliphatic heterocycles.